The lowest BCUT2D eigenvalue weighted by Crippen LogP contribution is -2.01. The van der Waals surface area contributed by atoms with Crippen molar-refractivity contribution in [2.24, 2.45) is 5.92 Å². The van der Waals surface area contributed by atoms with Crippen LogP contribution in [0, 0.1) is 24.2 Å². The number of methoxy groups -OCH3 is 1. The van der Waals surface area contributed by atoms with Gasteiger partial charge in [0.15, 0.2) is 17.1 Å². The number of aryl methyl sites for hydroxylation is 1. The van der Waals surface area contributed by atoms with E-state index in [9.17, 15) is 5.26 Å². The number of nitrogen functional groups attached to an aromatic ring is 1. The number of anilines is 1. The molecular weight excluding hydrogens is 526 g/mol. The number of hydrogen-bond donors (Lipinski definition) is 1. The lowest BCUT2D eigenvalue weighted by molar-refractivity contribution is 0.379. The van der Waals surface area contributed by atoms with Gasteiger partial charge >= 0.3 is 0 Å². The molecule has 5 aromatic rings. The Morgan fingerprint density at radius 2 is 1.95 bits per heavy atom. The summed E-state index contributed by atoms with van der Waals surface area (Å²) in [7, 11) is 1.57. The van der Waals surface area contributed by atoms with Gasteiger partial charge in [0.1, 0.15) is 29.7 Å². The van der Waals surface area contributed by atoms with Crippen LogP contribution in [-0.4, -0.2) is 31.8 Å². The molecule has 0 saturated heterocycles. The lowest BCUT2D eigenvalue weighted by Gasteiger charge is -2.12. The van der Waals surface area contributed by atoms with E-state index in [-0.39, 0.29) is 0 Å². The highest BCUT2D eigenvalue weighted by molar-refractivity contribution is 6.31. The fourth-order valence-corrected chi connectivity index (χ4v) is 4.57. The minimum Gasteiger partial charge on any atom is -0.493 e. The molecule has 1 saturated carbocycles. The molecule has 2 N–H and O–H groups in total. The van der Waals surface area contributed by atoms with Crippen molar-refractivity contribution in [2.75, 3.05) is 12.8 Å². The van der Waals surface area contributed by atoms with E-state index in [0.717, 1.165) is 24.0 Å². The molecule has 0 spiro atoms. The van der Waals surface area contributed by atoms with Crippen LogP contribution < -0.4 is 15.2 Å². The fraction of sp³-hybridized carbons (Fsp3) is 0.167. The Hall–Kier alpha value is -4.94. The van der Waals surface area contributed by atoms with E-state index in [1.165, 1.54) is 6.33 Å². The van der Waals surface area contributed by atoms with Gasteiger partial charge in [-0.3, -0.25) is 4.98 Å². The SMILES string of the molecule is COc1cc(-c2nn(-c3ccnc(/C(C#N)=C/C4CC4)c3)c3ncnc(N)c23)ccc1Oc1ccc(C)c(Cl)c1. The Balaban J connectivity index is 1.43. The first kappa shape index (κ1) is 25.3. The number of fused-ring (bicyclic) bond motifs is 1. The van der Waals surface area contributed by atoms with Crippen LogP contribution in [0.15, 0.2) is 67.1 Å². The monoisotopic (exact) mass is 549 g/mol. The van der Waals surface area contributed by atoms with Crippen molar-refractivity contribution in [1.82, 2.24) is 24.7 Å². The molecule has 0 bridgehead atoms. The number of nitriles is 1. The van der Waals surface area contributed by atoms with E-state index in [4.69, 9.17) is 31.9 Å². The fourth-order valence-electron chi connectivity index (χ4n) is 4.40. The third-order valence-corrected chi connectivity index (χ3v) is 7.12. The Bertz CT molecular complexity index is 1840. The number of allylic oxidation sites excluding steroid dienone is 2. The van der Waals surface area contributed by atoms with Gasteiger partial charge in [0, 0.05) is 16.8 Å². The molecule has 0 amide bonds. The Morgan fingerprint density at radius 3 is 2.70 bits per heavy atom. The average Bonchev–Trinajstić information content (AvgIpc) is 3.71. The molecule has 0 unspecified atom stereocenters. The number of ether oxygens (including phenoxy) is 2. The first-order valence-corrected chi connectivity index (χ1v) is 13.0. The number of rotatable bonds is 7. The lowest BCUT2D eigenvalue weighted by atomic mass is 10.1. The highest BCUT2D eigenvalue weighted by Gasteiger charge is 2.22. The topological polar surface area (TPSA) is 125 Å². The summed E-state index contributed by atoms with van der Waals surface area (Å²) in [5.41, 5.74) is 11.0. The normalized spacial score (nSPS) is 13.3. The summed E-state index contributed by atoms with van der Waals surface area (Å²) in [4.78, 5) is 13.1. The molecule has 6 rings (SSSR count). The molecular formula is C30H24ClN7O2. The highest BCUT2D eigenvalue weighted by atomic mass is 35.5. The van der Waals surface area contributed by atoms with Crippen LogP contribution in [-0.2, 0) is 0 Å². The average molecular weight is 550 g/mol. The standard InChI is InChI=1S/C30H24ClN7O2/c1-17-3-7-22(14-23(17)31)40-25-8-6-19(12-26(25)39-2)28-27-29(33)35-16-36-30(27)38(37-28)21-9-10-34-24(13-21)20(15-32)11-18-4-5-18/h3,6-14,16,18H,4-5H2,1-2H3,(H2,33,35,36)/b20-11+. The Morgan fingerprint density at radius 1 is 1.10 bits per heavy atom. The second-order valence-electron chi connectivity index (χ2n) is 9.53. The maximum absolute atomic E-state index is 9.72. The number of halogens is 1. The van der Waals surface area contributed by atoms with Crippen molar-refractivity contribution < 1.29 is 9.47 Å². The maximum Gasteiger partial charge on any atom is 0.169 e. The van der Waals surface area contributed by atoms with Crippen LogP contribution in [0.5, 0.6) is 17.2 Å². The molecule has 1 aliphatic carbocycles. The summed E-state index contributed by atoms with van der Waals surface area (Å²) in [6.07, 6.45) is 7.24. The first-order valence-electron chi connectivity index (χ1n) is 12.7. The predicted octanol–water partition coefficient (Wildman–Crippen LogP) is 6.54. The number of nitrogens with zero attached hydrogens (tertiary/aromatic N) is 6. The minimum absolute atomic E-state index is 0.292. The van der Waals surface area contributed by atoms with Gasteiger partial charge in [-0.05, 0) is 73.7 Å². The zero-order valence-electron chi connectivity index (χ0n) is 21.8. The summed E-state index contributed by atoms with van der Waals surface area (Å²) < 4.78 is 13.4. The third-order valence-electron chi connectivity index (χ3n) is 6.71. The van der Waals surface area contributed by atoms with Crippen LogP contribution in [0.2, 0.25) is 5.02 Å². The number of nitrogens with two attached hydrogens (primary N) is 1. The quantitative estimate of drug-likeness (QED) is 0.227. The minimum atomic E-state index is 0.292. The molecule has 2 aromatic carbocycles. The third kappa shape index (κ3) is 4.81. The summed E-state index contributed by atoms with van der Waals surface area (Å²) >= 11 is 6.27. The molecule has 40 heavy (non-hydrogen) atoms. The summed E-state index contributed by atoms with van der Waals surface area (Å²) in [5, 5.41) is 15.8. The van der Waals surface area contributed by atoms with E-state index in [2.05, 4.69) is 21.0 Å². The molecule has 1 fully saturated rings. The van der Waals surface area contributed by atoms with Crippen molar-refractivity contribution in [1.29, 1.82) is 5.26 Å². The van der Waals surface area contributed by atoms with Gasteiger partial charge in [0.2, 0.25) is 0 Å². The molecule has 198 valence electrons. The Labute approximate surface area is 235 Å². The summed E-state index contributed by atoms with van der Waals surface area (Å²) in [6, 6.07) is 16.9. The van der Waals surface area contributed by atoms with E-state index in [1.807, 2.05) is 49.4 Å². The number of benzene rings is 2. The van der Waals surface area contributed by atoms with Gasteiger partial charge in [-0.15, -0.1) is 0 Å². The van der Waals surface area contributed by atoms with E-state index in [1.54, 1.807) is 30.1 Å². The zero-order chi connectivity index (χ0) is 27.8. The predicted molar refractivity (Wildman–Crippen MR) is 153 cm³/mol. The second-order valence-corrected chi connectivity index (χ2v) is 9.93. The van der Waals surface area contributed by atoms with Gasteiger partial charge in [-0.1, -0.05) is 23.7 Å². The van der Waals surface area contributed by atoms with Crippen molar-refractivity contribution >= 4 is 34.0 Å². The van der Waals surface area contributed by atoms with Crippen molar-refractivity contribution in [3.8, 4) is 40.3 Å². The molecule has 10 heteroatoms. The van der Waals surface area contributed by atoms with Crippen molar-refractivity contribution in [2.45, 2.75) is 19.8 Å². The Kier molecular flexibility index (Phi) is 6.54. The molecule has 0 radical (unpaired) electrons. The van der Waals surface area contributed by atoms with Gasteiger partial charge in [-0.2, -0.15) is 10.4 Å². The first-order chi connectivity index (χ1) is 19.4. The van der Waals surface area contributed by atoms with Crippen LogP contribution in [0.25, 0.3) is 33.6 Å². The number of aromatic nitrogens is 5. The maximum atomic E-state index is 9.72. The zero-order valence-corrected chi connectivity index (χ0v) is 22.6. The molecule has 3 aromatic heterocycles. The summed E-state index contributed by atoms with van der Waals surface area (Å²) in [6.45, 7) is 1.93. The smallest absolute Gasteiger partial charge is 0.169 e. The molecule has 3 heterocycles. The second kappa shape index (κ2) is 10.3. The van der Waals surface area contributed by atoms with Gasteiger partial charge in [-0.25, -0.2) is 14.6 Å². The van der Waals surface area contributed by atoms with Gasteiger partial charge in [0.05, 0.1) is 29.5 Å². The van der Waals surface area contributed by atoms with E-state index in [0.29, 0.717) is 67.7 Å². The number of pyridine rings is 1. The van der Waals surface area contributed by atoms with E-state index >= 15 is 0 Å². The molecule has 0 aliphatic heterocycles. The highest BCUT2D eigenvalue weighted by Crippen LogP contribution is 2.39. The molecule has 1 aliphatic rings. The molecule has 0 atom stereocenters. The van der Waals surface area contributed by atoms with Crippen LogP contribution >= 0.6 is 11.6 Å². The molecule has 9 nitrogen and oxygen atoms in total. The van der Waals surface area contributed by atoms with E-state index < -0.39 is 0 Å². The van der Waals surface area contributed by atoms with Crippen molar-refractivity contribution in [3.63, 3.8) is 0 Å². The van der Waals surface area contributed by atoms with Crippen LogP contribution in [0.1, 0.15) is 24.1 Å². The van der Waals surface area contributed by atoms with Gasteiger partial charge in [0.25, 0.3) is 0 Å². The van der Waals surface area contributed by atoms with Crippen LogP contribution in [0.3, 0.4) is 0 Å². The number of hydrogen-bond acceptors (Lipinski definition) is 8. The largest absolute Gasteiger partial charge is 0.493 e. The summed E-state index contributed by atoms with van der Waals surface area (Å²) in [5.74, 6) is 2.34. The van der Waals surface area contributed by atoms with Gasteiger partial charge < -0.3 is 15.2 Å². The van der Waals surface area contributed by atoms with Crippen LogP contribution in [0.4, 0.5) is 5.82 Å². The van der Waals surface area contributed by atoms with Crippen molar-refractivity contribution in [3.05, 3.63) is 83.4 Å².